The smallest absolute Gasteiger partial charge is 0.178 e. The first kappa shape index (κ1) is 22.0. The number of aliphatic hydroxyl groups is 1. The number of aromatic nitrogens is 1. The first-order valence-electron chi connectivity index (χ1n) is 11.4. The lowest BCUT2D eigenvalue weighted by atomic mass is 9.98. The van der Waals surface area contributed by atoms with E-state index in [1.807, 2.05) is 31.2 Å². The zero-order valence-corrected chi connectivity index (χ0v) is 20.1. The van der Waals surface area contributed by atoms with Gasteiger partial charge in [0.25, 0.3) is 0 Å². The van der Waals surface area contributed by atoms with Crippen molar-refractivity contribution in [1.29, 1.82) is 5.26 Å². The van der Waals surface area contributed by atoms with Crippen LogP contribution < -0.4 is 0 Å². The van der Waals surface area contributed by atoms with E-state index >= 15 is 0 Å². The summed E-state index contributed by atoms with van der Waals surface area (Å²) in [5, 5.41) is 19.4. The maximum absolute atomic E-state index is 13.4. The van der Waals surface area contributed by atoms with Crippen molar-refractivity contribution in [3.63, 3.8) is 0 Å². The van der Waals surface area contributed by atoms with Crippen molar-refractivity contribution >= 4 is 13.9 Å². The summed E-state index contributed by atoms with van der Waals surface area (Å²) >= 11 is 0. The Balaban J connectivity index is 1.65. The molecule has 4 rings (SSSR count). The van der Waals surface area contributed by atoms with Gasteiger partial charge in [-0.2, -0.15) is 5.26 Å². The van der Waals surface area contributed by atoms with Gasteiger partial charge in [-0.1, -0.05) is 25.7 Å². The summed E-state index contributed by atoms with van der Waals surface area (Å²) in [6.45, 7) is 9.52. The molecule has 2 bridgehead atoms. The van der Waals surface area contributed by atoms with Crippen LogP contribution in [0.2, 0.25) is 25.7 Å². The van der Waals surface area contributed by atoms with Crippen LogP contribution in [0.3, 0.4) is 0 Å². The highest BCUT2D eigenvalue weighted by atomic mass is 28.3. The van der Waals surface area contributed by atoms with Crippen LogP contribution in [0.5, 0.6) is 0 Å². The molecule has 2 unspecified atom stereocenters. The van der Waals surface area contributed by atoms with E-state index < -0.39 is 8.07 Å². The quantitative estimate of drug-likeness (QED) is 0.519. The van der Waals surface area contributed by atoms with E-state index in [-0.39, 0.29) is 17.9 Å². The fraction of sp³-hybridized carbons (Fsp3) is 0.520. The van der Waals surface area contributed by atoms with Crippen molar-refractivity contribution < 1.29 is 9.90 Å². The average Bonchev–Trinajstić information content (AvgIpc) is 3.35. The molecule has 3 atom stereocenters. The minimum absolute atomic E-state index is 0.140. The number of fused-ring (bicyclic) bond motifs is 2. The molecular formula is C25H33N3O2Si. The molecule has 0 amide bonds. The minimum atomic E-state index is -1.24. The van der Waals surface area contributed by atoms with E-state index in [9.17, 15) is 9.90 Å². The van der Waals surface area contributed by atoms with Crippen LogP contribution in [0.15, 0.2) is 30.3 Å². The van der Waals surface area contributed by atoms with Crippen LogP contribution in [-0.4, -0.2) is 53.2 Å². The molecule has 0 spiro atoms. The van der Waals surface area contributed by atoms with E-state index in [1.165, 1.54) is 0 Å². The van der Waals surface area contributed by atoms with Crippen molar-refractivity contribution in [1.82, 2.24) is 9.47 Å². The summed E-state index contributed by atoms with van der Waals surface area (Å²) in [5.41, 5.74) is 4.55. The van der Waals surface area contributed by atoms with Crippen molar-refractivity contribution in [3.8, 4) is 11.8 Å². The van der Waals surface area contributed by atoms with Gasteiger partial charge in [-0.3, -0.25) is 9.69 Å². The summed E-state index contributed by atoms with van der Waals surface area (Å²) in [4.78, 5) is 15.6. The molecule has 0 radical (unpaired) electrons. The van der Waals surface area contributed by atoms with Crippen LogP contribution >= 0.6 is 0 Å². The summed E-state index contributed by atoms with van der Waals surface area (Å²) in [6.07, 6.45) is 3.53. The third-order valence-corrected chi connectivity index (χ3v) is 8.73. The third kappa shape index (κ3) is 4.41. The number of nitriles is 1. The first-order valence-corrected chi connectivity index (χ1v) is 15.1. The number of ketones is 1. The molecular weight excluding hydrogens is 402 g/mol. The topological polar surface area (TPSA) is 69.3 Å². The molecule has 3 heterocycles. The molecule has 31 heavy (non-hydrogen) atoms. The first-order chi connectivity index (χ1) is 14.7. The highest BCUT2D eigenvalue weighted by Crippen LogP contribution is 2.38. The molecule has 2 aromatic rings. The fourth-order valence-electron chi connectivity index (χ4n) is 5.25. The SMILES string of the molecule is Cc1c(C(=O)CN2C3CCC2[C@H](O)C3)cc(CC[Si](C)(C)C)n1-c1ccc(C#N)cc1. The molecule has 2 fully saturated rings. The van der Waals surface area contributed by atoms with E-state index in [2.05, 4.69) is 41.2 Å². The number of carbonyl (C=O) groups excluding carboxylic acids is 1. The molecule has 6 heteroatoms. The predicted octanol–water partition coefficient (Wildman–Crippen LogP) is 4.32. The van der Waals surface area contributed by atoms with E-state index in [1.54, 1.807) is 0 Å². The normalized spacial score (nSPS) is 23.3. The molecule has 164 valence electrons. The van der Waals surface area contributed by atoms with Crippen LogP contribution in [0, 0.1) is 18.3 Å². The Kier molecular flexibility index (Phi) is 5.95. The Morgan fingerprint density at radius 1 is 1.23 bits per heavy atom. The second-order valence-electron chi connectivity index (χ2n) is 10.4. The van der Waals surface area contributed by atoms with Gasteiger partial charge in [-0.05, 0) is 62.9 Å². The lowest BCUT2D eigenvalue weighted by molar-refractivity contribution is 0.0873. The van der Waals surface area contributed by atoms with Crippen LogP contribution in [0.25, 0.3) is 5.69 Å². The standard InChI is InChI=1S/C25H33N3O2Si/c1-17-22(25(30)16-27-20-9-10-23(27)24(29)14-20)13-21(11-12-31(2,3)4)28(17)19-7-5-18(15-26)6-8-19/h5-8,13,20,23-24,29H,9-12,14,16H2,1-4H3/t20?,23?,24-/m1/s1. The Bertz CT molecular complexity index is 1010. The largest absolute Gasteiger partial charge is 0.391 e. The van der Waals surface area contributed by atoms with Gasteiger partial charge in [0, 0.05) is 42.8 Å². The van der Waals surface area contributed by atoms with E-state index in [0.29, 0.717) is 18.2 Å². The van der Waals surface area contributed by atoms with Gasteiger partial charge in [0.1, 0.15) is 0 Å². The monoisotopic (exact) mass is 435 g/mol. The highest BCUT2D eigenvalue weighted by Gasteiger charge is 2.46. The zero-order valence-electron chi connectivity index (χ0n) is 19.1. The number of nitrogens with zero attached hydrogens (tertiary/aromatic N) is 3. The van der Waals surface area contributed by atoms with Crippen LogP contribution in [-0.2, 0) is 6.42 Å². The van der Waals surface area contributed by atoms with Gasteiger partial charge < -0.3 is 9.67 Å². The zero-order chi connectivity index (χ0) is 22.3. The molecule has 2 aliphatic rings. The third-order valence-electron chi connectivity index (χ3n) is 6.98. The molecule has 1 aromatic carbocycles. The van der Waals surface area contributed by atoms with Crippen molar-refractivity contribution in [2.45, 2.75) is 76.5 Å². The maximum atomic E-state index is 13.4. The summed E-state index contributed by atoms with van der Waals surface area (Å²) < 4.78 is 2.20. The van der Waals surface area contributed by atoms with Crippen LogP contribution in [0.4, 0.5) is 0 Å². The second kappa shape index (κ2) is 8.38. The lowest BCUT2D eigenvalue weighted by Gasteiger charge is -2.21. The second-order valence-corrected chi connectivity index (χ2v) is 16.0. The van der Waals surface area contributed by atoms with Gasteiger partial charge in [-0.25, -0.2) is 0 Å². The van der Waals surface area contributed by atoms with Gasteiger partial charge in [0.15, 0.2) is 5.78 Å². The van der Waals surface area contributed by atoms with Gasteiger partial charge in [0.2, 0.25) is 0 Å². The summed E-state index contributed by atoms with van der Waals surface area (Å²) in [6, 6.07) is 13.5. The predicted molar refractivity (Wildman–Crippen MR) is 126 cm³/mol. The van der Waals surface area contributed by atoms with Gasteiger partial charge >= 0.3 is 0 Å². The molecule has 0 aliphatic carbocycles. The molecule has 5 nitrogen and oxygen atoms in total. The van der Waals surface area contributed by atoms with Crippen LogP contribution in [0.1, 0.15) is 46.6 Å². The lowest BCUT2D eigenvalue weighted by Crippen LogP contribution is -2.36. The Hall–Kier alpha value is -2.20. The molecule has 2 aliphatic heterocycles. The summed E-state index contributed by atoms with van der Waals surface area (Å²) in [5.74, 6) is 0.144. The number of hydrogen-bond donors (Lipinski definition) is 1. The fourth-order valence-corrected chi connectivity index (χ4v) is 6.26. The number of rotatable bonds is 7. The van der Waals surface area contributed by atoms with Gasteiger partial charge in [0.05, 0.1) is 24.3 Å². The minimum Gasteiger partial charge on any atom is -0.391 e. The molecule has 1 N–H and O–H groups in total. The Labute approximate surface area is 186 Å². The number of hydrogen-bond acceptors (Lipinski definition) is 4. The van der Waals surface area contributed by atoms with Crippen molar-refractivity contribution in [2.75, 3.05) is 6.54 Å². The molecule has 0 saturated carbocycles. The van der Waals surface area contributed by atoms with Crippen molar-refractivity contribution in [2.24, 2.45) is 0 Å². The van der Waals surface area contributed by atoms with E-state index in [0.717, 1.165) is 54.4 Å². The number of aryl methyl sites for hydroxylation is 1. The molecule has 2 saturated heterocycles. The van der Waals surface area contributed by atoms with Crippen molar-refractivity contribution in [3.05, 3.63) is 52.8 Å². The Morgan fingerprint density at radius 2 is 1.94 bits per heavy atom. The number of benzene rings is 1. The highest BCUT2D eigenvalue weighted by molar-refractivity contribution is 6.76. The molecule has 1 aromatic heterocycles. The number of aliphatic hydroxyl groups excluding tert-OH is 1. The number of carbonyl (C=O) groups is 1. The average molecular weight is 436 g/mol. The van der Waals surface area contributed by atoms with Gasteiger partial charge in [-0.15, -0.1) is 0 Å². The Morgan fingerprint density at radius 3 is 2.48 bits per heavy atom. The maximum Gasteiger partial charge on any atom is 0.178 e. The van der Waals surface area contributed by atoms with E-state index in [4.69, 9.17) is 5.26 Å². The number of Topliss-reactive ketones (excluding diaryl/α,β-unsaturated/α-hetero) is 1. The summed E-state index contributed by atoms with van der Waals surface area (Å²) in [7, 11) is -1.24.